The number of nitrogens with zero attached hydrogens (tertiary/aromatic N) is 1. The van der Waals surface area contributed by atoms with E-state index in [-0.39, 0.29) is 17.7 Å². The van der Waals surface area contributed by atoms with Crippen LogP contribution in [0.3, 0.4) is 0 Å². The average molecular weight is 235 g/mol. The number of rotatable bonds is 4. The normalized spacial score (nSPS) is 26.8. The fourth-order valence-corrected chi connectivity index (χ4v) is 2.38. The number of hydrogen-bond donors (Lipinski definition) is 0. The Hall–Kier alpha value is -0.580. The summed E-state index contributed by atoms with van der Waals surface area (Å²) >= 11 is 0. The largest absolute Gasteiger partial charge is 0.401 e. The summed E-state index contributed by atoms with van der Waals surface area (Å²) in [5.74, 6) is -0.00391. The van der Waals surface area contributed by atoms with Crippen molar-refractivity contribution in [1.82, 2.24) is 4.90 Å². The highest BCUT2D eigenvalue weighted by Crippen LogP contribution is 2.32. The number of carbonyl (C=O) groups is 1. The van der Waals surface area contributed by atoms with Gasteiger partial charge in [0.2, 0.25) is 0 Å². The molecule has 0 N–H and O–H groups in total. The molecular formula is C11H16F3NO. The van der Waals surface area contributed by atoms with Gasteiger partial charge in [0.15, 0.2) is 0 Å². The fraction of sp³-hybridized carbons (Fsp3) is 0.909. The molecule has 0 aromatic carbocycles. The molecule has 0 heterocycles. The third kappa shape index (κ3) is 3.20. The molecule has 2 saturated carbocycles. The molecule has 0 saturated heterocycles. The van der Waals surface area contributed by atoms with Crippen LogP contribution in [0.15, 0.2) is 0 Å². The van der Waals surface area contributed by atoms with Crippen LogP contribution in [0.1, 0.15) is 32.1 Å². The summed E-state index contributed by atoms with van der Waals surface area (Å²) in [5, 5.41) is 0. The van der Waals surface area contributed by atoms with Gasteiger partial charge in [-0.15, -0.1) is 0 Å². The summed E-state index contributed by atoms with van der Waals surface area (Å²) in [6, 6.07) is 0.0648. The number of ketones is 1. The molecule has 0 spiro atoms. The van der Waals surface area contributed by atoms with Crippen molar-refractivity contribution in [2.24, 2.45) is 5.92 Å². The lowest BCUT2D eigenvalue weighted by molar-refractivity contribution is -0.149. The lowest BCUT2D eigenvalue weighted by Crippen LogP contribution is -2.39. The molecule has 0 aromatic rings. The Bertz CT molecular complexity index is 273. The predicted octanol–water partition coefficient (Wildman–Crippen LogP) is 2.38. The van der Waals surface area contributed by atoms with Gasteiger partial charge in [0.25, 0.3) is 0 Å². The SMILES string of the molecule is O=C1CCCC1CN(CC(F)(F)F)C1CC1. The maximum Gasteiger partial charge on any atom is 0.401 e. The molecule has 92 valence electrons. The molecule has 0 amide bonds. The van der Waals surface area contributed by atoms with Gasteiger partial charge in [0, 0.05) is 24.9 Å². The van der Waals surface area contributed by atoms with Gasteiger partial charge in [-0.1, -0.05) is 0 Å². The Balaban J connectivity index is 1.89. The van der Waals surface area contributed by atoms with Crippen LogP contribution in [0.2, 0.25) is 0 Å². The molecule has 1 unspecified atom stereocenters. The van der Waals surface area contributed by atoms with E-state index in [9.17, 15) is 18.0 Å². The lowest BCUT2D eigenvalue weighted by atomic mass is 10.1. The van der Waals surface area contributed by atoms with Crippen LogP contribution in [0, 0.1) is 5.92 Å². The predicted molar refractivity (Wildman–Crippen MR) is 53.0 cm³/mol. The van der Waals surface area contributed by atoms with E-state index in [1.54, 1.807) is 0 Å². The second-order valence-corrected chi connectivity index (χ2v) is 4.83. The molecule has 2 nitrogen and oxygen atoms in total. The van der Waals surface area contributed by atoms with Crippen LogP contribution >= 0.6 is 0 Å². The molecule has 2 fully saturated rings. The van der Waals surface area contributed by atoms with Crippen molar-refractivity contribution in [3.05, 3.63) is 0 Å². The summed E-state index contributed by atoms with van der Waals surface area (Å²) in [6.45, 7) is -0.551. The van der Waals surface area contributed by atoms with Crippen LogP contribution in [0.5, 0.6) is 0 Å². The van der Waals surface area contributed by atoms with Crippen molar-refractivity contribution in [3.8, 4) is 0 Å². The quantitative estimate of drug-likeness (QED) is 0.745. The van der Waals surface area contributed by atoms with Crippen molar-refractivity contribution in [2.45, 2.75) is 44.3 Å². The minimum absolute atomic E-state index is 0.0648. The first-order chi connectivity index (χ1) is 7.46. The van der Waals surface area contributed by atoms with Gasteiger partial charge < -0.3 is 0 Å². The summed E-state index contributed by atoms with van der Waals surface area (Å²) in [7, 11) is 0. The molecule has 2 aliphatic carbocycles. The highest BCUT2D eigenvalue weighted by Gasteiger charge is 2.40. The molecular weight excluding hydrogens is 219 g/mol. The minimum Gasteiger partial charge on any atom is -0.299 e. The Labute approximate surface area is 92.8 Å². The van der Waals surface area contributed by atoms with E-state index in [4.69, 9.17) is 0 Å². The smallest absolute Gasteiger partial charge is 0.299 e. The fourth-order valence-electron chi connectivity index (χ4n) is 2.38. The maximum absolute atomic E-state index is 12.3. The van der Waals surface area contributed by atoms with Crippen molar-refractivity contribution in [3.63, 3.8) is 0 Å². The second-order valence-electron chi connectivity index (χ2n) is 4.83. The summed E-state index contributed by atoms with van der Waals surface area (Å²) < 4.78 is 37.0. The first-order valence-corrected chi connectivity index (χ1v) is 5.79. The number of alkyl halides is 3. The standard InChI is InChI=1S/C11H16F3NO/c12-11(13,14)7-15(9-4-5-9)6-8-2-1-3-10(8)16/h8-9H,1-7H2. The molecule has 0 bridgehead atoms. The zero-order chi connectivity index (χ0) is 11.8. The number of Topliss-reactive ketones (excluding diaryl/α,β-unsaturated/α-hetero) is 1. The van der Waals surface area contributed by atoms with Gasteiger partial charge >= 0.3 is 6.18 Å². The Morgan fingerprint density at radius 3 is 2.38 bits per heavy atom. The van der Waals surface area contributed by atoms with E-state index in [0.29, 0.717) is 13.0 Å². The van der Waals surface area contributed by atoms with E-state index in [0.717, 1.165) is 25.7 Å². The molecule has 16 heavy (non-hydrogen) atoms. The maximum atomic E-state index is 12.3. The monoisotopic (exact) mass is 235 g/mol. The van der Waals surface area contributed by atoms with Gasteiger partial charge in [0.05, 0.1) is 6.54 Å². The Kier molecular flexibility index (Phi) is 3.24. The van der Waals surface area contributed by atoms with Crippen LogP contribution in [0.25, 0.3) is 0 Å². The van der Waals surface area contributed by atoms with Crippen LogP contribution in [0.4, 0.5) is 13.2 Å². The van der Waals surface area contributed by atoms with Crippen LogP contribution < -0.4 is 0 Å². The topological polar surface area (TPSA) is 20.3 Å². The van der Waals surface area contributed by atoms with E-state index < -0.39 is 12.7 Å². The Morgan fingerprint density at radius 1 is 1.25 bits per heavy atom. The van der Waals surface area contributed by atoms with Crippen LogP contribution in [-0.2, 0) is 4.79 Å². The summed E-state index contributed by atoms with van der Waals surface area (Å²) in [6.07, 6.45) is -0.304. The average Bonchev–Trinajstić information content (AvgIpc) is 2.90. The van der Waals surface area contributed by atoms with Crippen molar-refractivity contribution >= 4 is 5.78 Å². The third-order valence-electron chi connectivity index (χ3n) is 3.33. The minimum atomic E-state index is -4.15. The molecule has 2 rings (SSSR count). The van der Waals surface area contributed by atoms with E-state index in [1.807, 2.05) is 0 Å². The second kappa shape index (κ2) is 4.35. The highest BCUT2D eigenvalue weighted by molar-refractivity contribution is 5.83. The number of hydrogen-bond acceptors (Lipinski definition) is 2. The first kappa shape index (κ1) is 11.9. The van der Waals surface area contributed by atoms with Crippen LogP contribution in [-0.4, -0.2) is 36.0 Å². The van der Waals surface area contributed by atoms with Crippen molar-refractivity contribution < 1.29 is 18.0 Å². The molecule has 2 aliphatic rings. The number of carbonyl (C=O) groups excluding carboxylic acids is 1. The van der Waals surface area contributed by atoms with E-state index in [1.165, 1.54) is 4.90 Å². The first-order valence-electron chi connectivity index (χ1n) is 5.79. The van der Waals surface area contributed by atoms with E-state index >= 15 is 0 Å². The molecule has 0 radical (unpaired) electrons. The van der Waals surface area contributed by atoms with Gasteiger partial charge in [0.1, 0.15) is 5.78 Å². The zero-order valence-electron chi connectivity index (χ0n) is 9.09. The van der Waals surface area contributed by atoms with Crippen molar-refractivity contribution in [2.75, 3.05) is 13.1 Å². The van der Waals surface area contributed by atoms with Crippen molar-refractivity contribution in [1.29, 1.82) is 0 Å². The summed E-state index contributed by atoms with van der Waals surface area (Å²) in [4.78, 5) is 12.9. The lowest BCUT2D eigenvalue weighted by Gasteiger charge is -2.25. The Morgan fingerprint density at radius 2 is 1.94 bits per heavy atom. The molecule has 1 atom stereocenters. The van der Waals surface area contributed by atoms with Gasteiger partial charge in [-0.05, 0) is 25.7 Å². The molecule has 0 aromatic heterocycles. The van der Waals surface area contributed by atoms with Gasteiger partial charge in [-0.25, -0.2) is 0 Å². The third-order valence-corrected chi connectivity index (χ3v) is 3.33. The van der Waals surface area contributed by atoms with E-state index in [2.05, 4.69) is 0 Å². The van der Waals surface area contributed by atoms with Gasteiger partial charge in [-0.3, -0.25) is 9.69 Å². The highest BCUT2D eigenvalue weighted by atomic mass is 19.4. The van der Waals surface area contributed by atoms with Gasteiger partial charge in [-0.2, -0.15) is 13.2 Å². The summed E-state index contributed by atoms with van der Waals surface area (Å²) in [5.41, 5.74) is 0. The molecule has 0 aliphatic heterocycles. The zero-order valence-corrected chi connectivity index (χ0v) is 9.09. The number of halogens is 3. The molecule has 5 heteroatoms.